The number of nitrogens with one attached hydrogen (secondary N) is 1. The molecule has 8 heteroatoms. The average molecular weight is 429 g/mol. The van der Waals surface area contributed by atoms with Gasteiger partial charge in [-0.3, -0.25) is 10.1 Å². The van der Waals surface area contributed by atoms with Gasteiger partial charge in [0.05, 0.1) is 20.4 Å². The van der Waals surface area contributed by atoms with E-state index in [0.29, 0.717) is 10.7 Å². The highest BCUT2D eigenvalue weighted by Crippen LogP contribution is 2.38. The van der Waals surface area contributed by atoms with E-state index in [1.807, 2.05) is 42.7 Å². The summed E-state index contributed by atoms with van der Waals surface area (Å²) in [5, 5.41) is 3.55. The second-order valence-corrected chi connectivity index (χ2v) is 9.19. The lowest BCUT2D eigenvalue weighted by atomic mass is 10.2. The molecule has 4 rings (SSSR count). The van der Waals surface area contributed by atoms with Crippen molar-refractivity contribution in [1.82, 2.24) is 9.97 Å². The third kappa shape index (κ3) is 3.59. The molecule has 0 radical (unpaired) electrons. The van der Waals surface area contributed by atoms with Gasteiger partial charge in [-0.25, -0.2) is 9.97 Å². The lowest BCUT2D eigenvalue weighted by Gasteiger charge is -2.20. The van der Waals surface area contributed by atoms with E-state index in [9.17, 15) is 4.79 Å². The van der Waals surface area contributed by atoms with Crippen molar-refractivity contribution >= 4 is 71.6 Å². The minimum atomic E-state index is -0.143. The molecule has 5 nitrogen and oxygen atoms in total. The van der Waals surface area contributed by atoms with Gasteiger partial charge in [0.15, 0.2) is 9.47 Å². The van der Waals surface area contributed by atoms with Crippen molar-refractivity contribution in [3.05, 3.63) is 42.0 Å². The standard InChI is InChI=1S/C20H20N4OS3/c1-4-24(5-2)13-8-6-12(7-9-13)18(25)23-19-21-14-10-11-15-17(16(14)27-19)28-20(22-15)26-3/h6-11H,4-5H2,1-3H3,(H,21,23,25). The molecule has 1 amide bonds. The maximum Gasteiger partial charge on any atom is 0.257 e. The first-order valence-electron chi connectivity index (χ1n) is 9.03. The van der Waals surface area contributed by atoms with Crippen molar-refractivity contribution in [3.8, 4) is 0 Å². The number of aromatic nitrogens is 2. The predicted octanol–water partition coefficient (Wildman–Crippen LogP) is 5.73. The van der Waals surface area contributed by atoms with Gasteiger partial charge in [-0.1, -0.05) is 23.1 Å². The number of rotatable bonds is 6. The van der Waals surface area contributed by atoms with Crippen molar-refractivity contribution in [2.24, 2.45) is 0 Å². The molecule has 1 N–H and O–H groups in total. The Morgan fingerprint density at radius 3 is 2.29 bits per heavy atom. The Morgan fingerprint density at radius 2 is 1.64 bits per heavy atom. The molecule has 0 bridgehead atoms. The topological polar surface area (TPSA) is 58.1 Å². The summed E-state index contributed by atoms with van der Waals surface area (Å²) >= 11 is 4.81. The van der Waals surface area contributed by atoms with Crippen LogP contribution in [0.5, 0.6) is 0 Å². The fourth-order valence-corrected chi connectivity index (χ4v) is 5.73. The Balaban J connectivity index is 1.58. The second kappa shape index (κ2) is 8.06. The van der Waals surface area contributed by atoms with E-state index >= 15 is 0 Å². The Hall–Kier alpha value is -2.16. The number of amides is 1. The first-order chi connectivity index (χ1) is 13.6. The minimum Gasteiger partial charge on any atom is -0.372 e. The number of fused-ring (bicyclic) bond motifs is 3. The van der Waals surface area contributed by atoms with Crippen LogP contribution in [0.2, 0.25) is 0 Å². The summed E-state index contributed by atoms with van der Waals surface area (Å²) in [4.78, 5) is 24.1. The Morgan fingerprint density at radius 1 is 1.00 bits per heavy atom. The summed E-state index contributed by atoms with van der Waals surface area (Å²) < 4.78 is 3.24. The molecule has 0 saturated heterocycles. The normalized spacial score (nSPS) is 11.2. The lowest BCUT2D eigenvalue weighted by Crippen LogP contribution is -2.21. The van der Waals surface area contributed by atoms with Crippen LogP contribution in [0.15, 0.2) is 40.7 Å². The van der Waals surface area contributed by atoms with Crippen LogP contribution in [0.1, 0.15) is 24.2 Å². The van der Waals surface area contributed by atoms with Crippen molar-refractivity contribution in [2.45, 2.75) is 18.2 Å². The highest BCUT2D eigenvalue weighted by Gasteiger charge is 2.14. The molecule has 4 aromatic rings. The molecular formula is C20H20N4OS3. The van der Waals surface area contributed by atoms with Crippen molar-refractivity contribution in [2.75, 3.05) is 29.6 Å². The molecule has 28 heavy (non-hydrogen) atoms. The van der Waals surface area contributed by atoms with E-state index in [-0.39, 0.29) is 5.91 Å². The summed E-state index contributed by atoms with van der Waals surface area (Å²) in [6.07, 6.45) is 2.03. The molecule has 144 valence electrons. The summed E-state index contributed by atoms with van der Waals surface area (Å²) in [6, 6.07) is 11.7. The Kier molecular flexibility index (Phi) is 5.52. The molecule has 2 aromatic heterocycles. The molecule has 0 aliphatic heterocycles. The minimum absolute atomic E-state index is 0.143. The van der Waals surface area contributed by atoms with Crippen molar-refractivity contribution < 1.29 is 4.79 Å². The van der Waals surface area contributed by atoms with Crippen LogP contribution < -0.4 is 10.2 Å². The van der Waals surface area contributed by atoms with Crippen LogP contribution in [0.4, 0.5) is 10.8 Å². The van der Waals surface area contributed by atoms with E-state index in [2.05, 4.69) is 34.0 Å². The molecule has 0 saturated carbocycles. The average Bonchev–Trinajstić information content (AvgIpc) is 3.32. The molecular weight excluding hydrogens is 408 g/mol. The largest absolute Gasteiger partial charge is 0.372 e. The maximum atomic E-state index is 12.7. The first-order valence-corrected chi connectivity index (χ1v) is 11.9. The van der Waals surface area contributed by atoms with Crippen molar-refractivity contribution in [3.63, 3.8) is 0 Å². The van der Waals surface area contributed by atoms with E-state index in [0.717, 1.165) is 43.5 Å². The van der Waals surface area contributed by atoms with Crippen molar-refractivity contribution in [1.29, 1.82) is 0 Å². The van der Waals surface area contributed by atoms with Gasteiger partial charge in [0, 0.05) is 24.3 Å². The smallest absolute Gasteiger partial charge is 0.257 e. The number of hydrogen-bond donors (Lipinski definition) is 1. The van der Waals surface area contributed by atoms with Crippen LogP contribution in [-0.4, -0.2) is 35.2 Å². The zero-order valence-electron chi connectivity index (χ0n) is 15.9. The third-order valence-corrected chi connectivity index (χ3v) is 7.75. The molecule has 0 aliphatic rings. The lowest BCUT2D eigenvalue weighted by molar-refractivity contribution is 0.102. The molecule has 0 atom stereocenters. The van der Waals surface area contributed by atoms with Crippen LogP contribution in [-0.2, 0) is 0 Å². The number of carbonyl (C=O) groups is 1. The number of benzene rings is 2. The van der Waals surface area contributed by atoms with Gasteiger partial charge in [-0.05, 0) is 56.5 Å². The molecule has 0 unspecified atom stereocenters. The summed E-state index contributed by atoms with van der Waals surface area (Å²) in [6.45, 7) is 6.13. The predicted molar refractivity (Wildman–Crippen MR) is 123 cm³/mol. The monoisotopic (exact) mass is 428 g/mol. The van der Waals surface area contributed by atoms with Gasteiger partial charge in [-0.2, -0.15) is 0 Å². The zero-order valence-corrected chi connectivity index (χ0v) is 18.3. The van der Waals surface area contributed by atoms with Crippen LogP contribution >= 0.6 is 34.4 Å². The molecule has 0 aliphatic carbocycles. The maximum absolute atomic E-state index is 12.7. The van der Waals surface area contributed by atoms with Gasteiger partial charge in [0.2, 0.25) is 0 Å². The fourth-order valence-electron chi connectivity index (χ4n) is 3.08. The van der Waals surface area contributed by atoms with Gasteiger partial charge in [0.25, 0.3) is 5.91 Å². The SMILES string of the molecule is CCN(CC)c1ccc(C(=O)Nc2nc3ccc4nc(SC)sc4c3s2)cc1. The summed E-state index contributed by atoms with van der Waals surface area (Å²) in [5.41, 5.74) is 3.62. The van der Waals surface area contributed by atoms with E-state index in [4.69, 9.17) is 0 Å². The zero-order chi connectivity index (χ0) is 19.7. The number of thiazole rings is 2. The number of anilines is 2. The Labute approximate surface area is 175 Å². The van der Waals surface area contributed by atoms with Gasteiger partial charge in [0.1, 0.15) is 0 Å². The highest BCUT2D eigenvalue weighted by atomic mass is 32.2. The van der Waals surface area contributed by atoms with Crippen LogP contribution in [0, 0.1) is 0 Å². The van der Waals surface area contributed by atoms with E-state index < -0.39 is 0 Å². The third-order valence-electron chi connectivity index (χ3n) is 4.55. The number of carbonyl (C=O) groups excluding carboxylic acids is 1. The molecule has 2 heterocycles. The van der Waals surface area contributed by atoms with Crippen LogP contribution in [0.3, 0.4) is 0 Å². The number of nitrogens with zero attached hydrogens (tertiary/aromatic N) is 3. The second-order valence-electron chi connectivity index (χ2n) is 6.14. The van der Waals surface area contributed by atoms with Crippen LogP contribution in [0.25, 0.3) is 20.4 Å². The summed E-state index contributed by atoms with van der Waals surface area (Å²) in [7, 11) is 0. The number of thioether (sulfide) groups is 1. The van der Waals surface area contributed by atoms with E-state index in [1.54, 1.807) is 23.1 Å². The molecule has 0 spiro atoms. The van der Waals surface area contributed by atoms with Gasteiger partial charge < -0.3 is 4.90 Å². The number of hydrogen-bond acceptors (Lipinski definition) is 7. The van der Waals surface area contributed by atoms with E-state index in [1.165, 1.54) is 11.3 Å². The Bertz CT molecular complexity index is 1130. The first kappa shape index (κ1) is 19.2. The quantitative estimate of drug-likeness (QED) is 0.398. The highest BCUT2D eigenvalue weighted by molar-refractivity contribution is 8.00. The fraction of sp³-hybridized carbons (Fsp3) is 0.250. The van der Waals surface area contributed by atoms with Gasteiger partial charge >= 0.3 is 0 Å². The summed E-state index contributed by atoms with van der Waals surface area (Å²) in [5.74, 6) is -0.143. The van der Waals surface area contributed by atoms with Gasteiger partial charge in [-0.15, -0.1) is 11.3 Å². The molecule has 0 fully saturated rings. The molecule has 2 aromatic carbocycles.